The van der Waals surface area contributed by atoms with Gasteiger partial charge in [0.25, 0.3) is 0 Å². The summed E-state index contributed by atoms with van der Waals surface area (Å²) in [5.74, 6) is 8.05. The van der Waals surface area contributed by atoms with Gasteiger partial charge in [0, 0.05) is 18.3 Å². The second-order valence-corrected chi connectivity index (χ2v) is 11.5. The Morgan fingerprint density at radius 1 is 1.07 bits per heavy atom. The minimum Gasteiger partial charge on any atom is -0.299 e. The number of fused-ring (bicyclic) bond motifs is 3. The van der Waals surface area contributed by atoms with Crippen LogP contribution < -0.4 is 0 Å². The number of carbonyl (C=O) groups is 1. The molecule has 0 saturated heterocycles. The van der Waals surface area contributed by atoms with E-state index >= 15 is 0 Å². The largest absolute Gasteiger partial charge is 0.299 e. The molecule has 1 heteroatoms. The van der Waals surface area contributed by atoms with Gasteiger partial charge in [-0.25, -0.2) is 0 Å². The number of carbonyl (C=O) groups excluding carboxylic acids is 1. The zero-order valence-electron chi connectivity index (χ0n) is 19.2. The van der Waals surface area contributed by atoms with Crippen molar-refractivity contribution in [3.05, 3.63) is 0 Å². The van der Waals surface area contributed by atoms with Crippen LogP contribution in [0.1, 0.15) is 105 Å². The summed E-state index contributed by atoms with van der Waals surface area (Å²) in [5, 5.41) is 0. The molecule has 0 bridgehead atoms. The second kappa shape index (κ2) is 8.53. The van der Waals surface area contributed by atoms with Gasteiger partial charge in [0.2, 0.25) is 0 Å². The number of terminal acetylenes is 1. The molecule has 0 aromatic rings. The maximum absolute atomic E-state index is 12.9. The third kappa shape index (κ3) is 3.82. The van der Waals surface area contributed by atoms with E-state index in [1.165, 1.54) is 44.9 Å². The Morgan fingerprint density at radius 2 is 1.82 bits per heavy atom. The highest BCUT2D eigenvalue weighted by Gasteiger charge is 2.59. The van der Waals surface area contributed by atoms with E-state index in [0.717, 1.165) is 55.3 Å². The molecule has 4 unspecified atom stereocenters. The molecule has 0 spiro atoms. The molecule has 0 heterocycles. The lowest BCUT2D eigenvalue weighted by Gasteiger charge is -2.56. The third-order valence-electron chi connectivity index (χ3n) is 9.59. The first kappa shape index (κ1) is 21.9. The first-order valence-electron chi connectivity index (χ1n) is 12.2. The van der Waals surface area contributed by atoms with Gasteiger partial charge >= 0.3 is 0 Å². The average Bonchev–Trinajstić information content (AvgIpc) is 3.00. The minimum absolute atomic E-state index is 0.155. The Kier molecular flexibility index (Phi) is 6.68. The fourth-order valence-electron chi connectivity index (χ4n) is 7.95. The van der Waals surface area contributed by atoms with Gasteiger partial charge in [-0.15, -0.1) is 12.3 Å². The Bertz CT molecular complexity index is 598. The van der Waals surface area contributed by atoms with E-state index in [-0.39, 0.29) is 5.41 Å². The van der Waals surface area contributed by atoms with Crippen LogP contribution in [0.3, 0.4) is 0 Å². The van der Waals surface area contributed by atoms with Gasteiger partial charge in [0.15, 0.2) is 0 Å². The predicted octanol–water partition coefficient (Wildman–Crippen LogP) is 7.29. The summed E-state index contributed by atoms with van der Waals surface area (Å²) in [6.07, 6.45) is 18.7. The molecule has 0 radical (unpaired) electrons. The van der Waals surface area contributed by atoms with Crippen LogP contribution in [0.25, 0.3) is 0 Å². The molecule has 0 amide bonds. The van der Waals surface area contributed by atoms with Crippen LogP contribution in [-0.2, 0) is 4.79 Å². The molecular weight excluding hydrogens is 340 g/mol. The lowest BCUT2D eigenvalue weighted by molar-refractivity contribution is -0.146. The monoisotopic (exact) mass is 384 g/mol. The lowest BCUT2D eigenvalue weighted by Crippen LogP contribution is -2.52. The van der Waals surface area contributed by atoms with Crippen molar-refractivity contribution in [3.63, 3.8) is 0 Å². The van der Waals surface area contributed by atoms with Crippen molar-refractivity contribution in [3.8, 4) is 12.3 Å². The highest BCUT2D eigenvalue weighted by Crippen LogP contribution is 2.65. The molecule has 3 saturated carbocycles. The predicted molar refractivity (Wildman–Crippen MR) is 119 cm³/mol. The van der Waals surface area contributed by atoms with Gasteiger partial charge in [-0.1, -0.05) is 53.9 Å². The number of hydrogen-bond donors (Lipinski definition) is 0. The highest BCUT2D eigenvalue weighted by molar-refractivity contribution is 5.85. The second-order valence-electron chi connectivity index (χ2n) is 11.5. The zero-order valence-corrected chi connectivity index (χ0v) is 19.2. The van der Waals surface area contributed by atoms with Gasteiger partial charge in [-0.05, 0) is 79.4 Å². The van der Waals surface area contributed by atoms with Crippen LogP contribution in [0, 0.1) is 58.7 Å². The Balaban J connectivity index is 1.73. The topological polar surface area (TPSA) is 17.1 Å². The summed E-state index contributed by atoms with van der Waals surface area (Å²) in [4.78, 5) is 12.9. The first-order chi connectivity index (χ1) is 13.2. The van der Waals surface area contributed by atoms with Crippen molar-refractivity contribution in [2.75, 3.05) is 0 Å². The van der Waals surface area contributed by atoms with Crippen LogP contribution in [-0.4, -0.2) is 5.78 Å². The van der Waals surface area contributed by atoms with Crippen LogP contribution >= 0.6 is 0 Å². The fourth-order valence-corrected chi connectivity index (χ4v) is 7.95. The molecule has 3 aliphatic carbocycles. The van der Waals surface area contributed by atoms with Gasteiger partial charge in [-0.3, -0.25) is 4.79 Å². The van der Waals surface area contributed by atoms with Gasteiger partial charge < -0.3 is 0 Å². The van der Waals surface area contributed by atoms with Crippen molar-refractivity contribution in [2.24, 2.45) is 46.3 Å². The molecule has 1 nitrogen and oxygen atoms in total. The smallest absolute Gasteiger partial charge is 0.139 e. The summed E-state index contributed by atoms with van der Waals surface area (Å²) >= 11 is 0. The van der Waals surface area contributed by atoms with Crippen molar-refractivity contribution < 1.29 is 4.79 Å². The van der Waals surface area contributed by atoms with Crippen molar-refractivity contribution in [1.29, 1.82) is 0 Å². The van der Waals surface area contributed by atoms with E-state index in [0.29, 0.717) is 17.1 Å². The molecule has 0 aromatic carbocycles. The maximum atomic E-state index is 12.9. The summed E-state index contributed by atoms with van der Waals surface area (Å²) < 4.78 is 0. The molecule has 3 aliphatic rings. The van der Waals surface area contributed by atoms with Crippen LogP contribution in [0.4, 0.5) is 0 Å². The third-order valence-corrected chi connectivity index (χ3v) is 9.59. The average molecular weight is 385 g/mol. The number of Topliss-reactive ketones (excluding diaryl/α,β-unsaturated/α-hetero) is 1. The van der Waals surface area contributed by atoms with E-state index < -0.39 is 0 Å². The SMILES string of the molecule is C#CCC[C@@]1(C)C(=O)CCC2C1CC[C@@]1(C)C2CC[C@@H]1C(C)CCCC(C)C. The minimum atomic E-state index is -0.155. The van der Waals surface area contributed by atoms with Gasteiger partial charge in [0.05, 0.1) is 0 Å². The Labute approximate surface area is 174 Å². The van der Waals surface area contributed by atoms with Crippen molar-refractivity contribution in [2.45, 2.75) is 105 Å². The standard InChI is InChI=1S/C27H44O/c1-7-8-17-27(6)24-16-18-26(5)22(20(4)11-9-10-19(2)3)13-14-23(26)21(24)12-15-25(27)28/h1,19-24H,8-18H2,2-6H3/t20?,21?,22-,23?,24?,26-,27-/m1/s1. The van der Waals surface area contributed by atoms with E-state index in [9.17, 15) is 4.79 Å². The van der Waals surface area contributed by atoms with Crippen molar-refractivity contribution in [1.82, 2.24) is 0 Å². The van der Waals surface area contributed by atoms with E-state index in [2.05, 4.69) is 40.5 Å². The molecule has 7 atom stereocenters. The maximum Gasteiger partial charge on any atom is 0.139 e. The van der Waals surface area contributed by atoms with Crippen LogP contribution in [0.2, 0.25) is 0 Å². The van der Waals surface area contributed by atoms with Crippen LogP contribution in [0.5, 0.6) is 0 Å². The highest BCUT2D eigenvalue weighted by atomic mass is 16.1. The molecule has 0 aliphatic heterocycles. The molecule has 0 aromatic heterocycles. The van der Waals surface area contributed by atoms with E-state index in [1.54, 1.807) is 0 Å². The molecule has 158 valence electrons. The summed E-state index contributed by atoms with van der Waals surface area (Å²) in [6.45, 7) is 12.1. The molecular formula is C27H44O. The Hall–Kier alpha value is -0.770. The normalized spacial score (nSPS) is 41.4. The molecule has 0 N–H and O–H groups in total. The molecule has 3 fully saturated rings. The van der Waals surface area contributed by atoms with Crippen molar-refractivity contribution >= 4 is 5.78 Å². The quantitative estimate of drug-likeness (QED) is 0.421. The summed E-state index contributed by atoms with van der Waals surface area (Å²) in [7, 11) is 0. The van der Waals surface area contributed by atoms with E-state index in [1.807, 2.05) is 0 Å². The van der Waals surface area contributed by atoms with Gasteiger partial charge in [-0.2, -0.15) is 0 Å². The number of hydrogen-bond acceptors (Lipinski definition) is 1. The van der Waals surface area contributed by atoms with E-state index in [4.69, 9.17) is 6.42 Å². The van der Waals surface area contributed by atoms with Gasteiger partial charge in [0.1, 0.15) is 5.78 Å². The Morgan fingerprint density at radius 3 is 2.50 bits per heavy atom. The zero-order chi connectivity index (χ0) is 20.5. The summed E-state index contributed by atoms with van der Waals surface area (Å²) in [6, 6.07) is 0. The summed E-state index contributed by atoms with van der Waals surface area (Å²) in [5.41, 5.74) is 0.351. The molecule has 3 rings (SSSR count). The number of rotatable bonds is 7. The lowest BCUT2D eigenvalue weighted by atomic mass is 9.48. The first-order valence-corrected chi connectivity index (χ1v) is 12.2. The molecule has 28 heavy (non-hydrogen) atoms. The fraction of sp³-hybridized carbons (Fsp3) is 0.889. The van der Waals surface area contributed by atoms with Crippen LogP contribution in [0.15, 0.2) is 0 Å². The number of ketones is 1.